The van der Waals surface area contributed by atoms with Crippen LogP contribution >= 0.6 is 11.6 Å². The second kappa shape index (κ2) is 7.15. The van der Waals surface area contributed by atoms with Gasteiger partial charge in [-0.05, 0) is 42.7 Å². The number of nitrogens with zero attached hydrogens (tertiary/aromatic N) is 4. The van der Waals surface area contributed by atoms with Gasteiger partial charge in [0.1, 0.15) is 0 Å². The molecule has 1 unspecified atom stereocenters. The van der Waals surface area contributed by atoms with E-state index in [9.17, 15) is 9.59 Å². The summed E-state index contributed by atoms with van der Waals surface area (Å²) in [6.07, 6.45) is 6.19. The van der Waals surface area contributed by atoms with Crippen LogP contribution in [0.3, 0.4) is 0 Å². The van der Waals surface area contributed by atoms with Gasteiger partial charge in [-0.1, -0.05) is 18.2 Å². The third-order valence-electron chi connectivity index (χ3n) is 5.67. The zero-order valence-electron chi connectivity index (χ0n) is 16.1. The molecule has 1 spiro atoms. The Morgan fingerprint density at radius 1 is 1.28 bits per heavy atom. The summed E-state index contributed by atoms with van der Waals surface area (Å²) >= 11 is 6.39. The predicted molar refractivity (Wildman–Crippen MR) is 111 cm³/mol. The van der Waals surface area contributed by atoms with Gasteiger partial charge in [0.2, 0.25) is 11.8 Å². The Bertz CT molecular complexity index is 987. The first kappa shape index (κ1) is 19.4. The lowest BCUT2D eigenvalue weighted by Crippen LogP contribution is -2.58. The summed E-state index contributed by atoms with van der Waals surface area (Å²) < 4.78 is 0. The Kier molecular flexibility index (Phi) is 4.78. The van der Waals surface area contributed by atoms with Crippen LogP contribution in [0.1, 0.15) is 31.4 Å². The standard InChI is InChI=1S/C21H22ClN5O2/c1-3-19(29)26-12-21(4-5-21)27(13(2)28)11-18(26)14-6-15(8-16(22)7-14)20-24-9-17(23)10-25-20/h3,6-10,18H,1,4-5,11-12,23H2,2H3. The fourth-order valence-corrected chi connectivity index (χ4v) is 4.31. The molecule has 1 aliphatic heterocycles. The molecule has 2 heterocycles. The molecule has 2 aliphatic rings. The number of rotatable bonds is 3. The fourth-order valence-electron chi connectivity index (χ4n) is 4.07. The van der Waals surface area contributed by atoms with Crippen molar-refractivity contribution in [1.82, 2.24) is 19.8 Å². The quantitative estimate of drug-likeness (QED) is 0.784. The molecule has 0 bridgehead atoms. The largest absolute Gasteiger partial charge is 0.396 e. The number of hydrogen-bond acceptors (Lipinski definition) is 5. The third kappa shape index (κ3) is 3.58. The average Bonchev–Trinajstić information content (AvgIpc) is 3.46. The van der Waals surface area contributed by atoms with Crippen molar-refractivity contribution in [2.75, 3.05) is 18.8 Å². The van der Waals surface area contributed by atoms with E-state index in [-0.39, 0.29) is 23.4 Å². The average molecular weight is 412 g/mol. The molecule has 150 valence electrons. The minimum absolute atomic E-state index is 0.0160. The van der Waals surface area contributed by atoms with Crippen molar-refractivity contribution in [3.63, 3.8) is 0 Å². The number of carbonyl (C=O) groups excluding carboxylic acids is 2. The minimum atomic E-state index is -0.332. The molecule has 2 N–H and O–H groups in total. The van der Waals surface area contributed by atoms with Gasteiger partial charge in [-0.2, -0.15) is 0 Å². The Morgan fingerprint density at radius 3 is 2.55 bits per heavy atom. The van der Waals surface area contributed by atoms with Gasteiger partial charge in [0.05, 0.1) is 29.7 Å². The normalized spacial score (nSPS) is 19.9. The molecule has 2 amide bonds. The molecule has 1 atom stereocenters. The maximum atomic E-state index is 12.7. The molecule has 0 radical (unpaired) electrons. The van der Waals surface area contributed by atoms with Gasteiger partial charge in [0.25, 0.3) is 0 Å². The van der Waals surface area contributed by atoms with E-state index >= 15 is 0 Å². The summed E-state index contributed by atoms with van der Waals surface area (Å²) in [4.78, 5) is 37.2. The van der Waals surface area contributed by atoms with Gasteiger partial charge < -0.3 is 15.5 Å². The van der Waals surface area contributed by atoms with Crippen molar-refractivity contribution >= 4 is 29.1 Å². The van der Waals surface area contributed by atoms with Gasteiger partial charge in [-0.15, -0.1) is 0 Å². The smallest absolute Gasteiger partial charge is 0.246 e. The molecule has 4 rings (SSSR count). The second-order valence-electron chi connectivity index (χ2n) is 7.65. The zero-order valence-corrected chi connectivity index (χ0v) is 16.9. The molecule has 7 nitrogen and oxygen atoms in total. The summed E-state index contributed by atoms with van der Waals surface area (Å²) in [5.41, 5.74) is 7.45. The number of hydrogen-bond donors (Lipinski definition) is 1. The number of piperazine rings is 1. The Balaban J connectivity index is 1.76. The Hall–Kier alpha value is -2.93. The predicted octanol–water partition coefficient (Wildman–Crippen LogP) is 2.83. The lowest BCUT2D eigenvalue weighted by atomic mass is 9.96. The summed E-state index contributed by atoms with van der Waals surface area (Å²) in [5, 5.41) is 0.505. The van der Waals surface area contributed by atoms with E-state index in [1.165, 1.54) is 18.5 Å². The number of nitrogen functional groups attached to an aromatic ring is 1. The summed E-state index contributed by atoms with van der Waals surface area (Å²) in [6, 6.07) is 5.17. The van der Waals surface area contributed by atoms with E-state index in [1.54, 1.807) is 17.9 Å². The van der Waals surface area contributed by atoms with Crippen molar-refractivity contribution < 1.29 is 9.59 Å². The maximum Gasteiger partial charge on any atom is 0.246 e. The molecular weight excluding hydrogens is 390 g/mol. The number of amides is 2. The van der Waals surface area contributed by atoms with Crippen molar-refractivity contribution in [2.24, 2.45) is 0 Å². The molecule has 2 fully saturated rings. The van der Waals surface area contributed by atoms with E-state index in [1.807, 2.05) is 17.0 Å². The zero-order chi connectivity index (χ0) is 20.8. The number of nitrogens with two attached hydrogens (primary N) is 1. The lowest BCUT2D eigenvalue weighted by Gasteiger charge is -2.47. The van der Waals surface area contributed by atoms with Gasteiger partial charge in [0, 0.05) is 30.6 Å². The van der Waals surface area contributed by atoms with Crippen LogP contribution in [0.4, 0.5) is 5.69 Å². The maximum absolute atomic E-state index is 12.7. The van der Waals surface area contributed by atoms with Crippen LogP contribution in [-0.4, -0.2) is 50.2 Å². The summed E-state index contributed by atoms with van der Waals surface area (Å²) in [7, 11) is 0. The van der Waals surface area contributed by atoms with Crippen LogP contribution in [-0.2, 0) is 9.59 Å². The highest BCUT2D eigenvalue weighted by Crippen LogP contribution is 2.48. The highest BCUT2D eigenvalue weighted by Gasteiger charge is 2.55. The molecule has 8 heteroatoms. The van der Waals surface area contributed by atoms with Crippen LogP contribution in [0.2, 0.25) is 5.02 Å². The van der Waals surface area contributed by atoms with Gasteiger partial charge in [-0.25, -0.2) is 9.97 Å². The minimum Gasteiger partial charge on any atom is -0.396 e. The summed E-state index contributed by atoms with van der Waals surface area (Å²) in [5.74, 6) is 0.347. The molecule has 2 aromatic rings. The molecular formula is C21H22ClN5O2. The summed E-state index contributed by atoms with van der Waals surface area (Å²) in [6.45, 7) is 6.13. The molecule has 1 aromatic heterocycles. The number of halogens is 1. The van der Waals surface area contributed by atoms with Crippen LogP contribution < -0.4 is 5.73 Å². The van der Waals surface area contributed by atoms with E-state index in [2.05, 4.69) is 16.5 Å². The van der Waals surface area contributed by atoms with E-state index in [4.69, 9.17) is 17.3 Å². The topological polar surface area (TPSA) is 92.4 Å². The van der Waals surface area contributed by atoms with Gasteiger partial charge in [-0.3, -0.25) is 9.59 Å². The SMILES string of the molecule is C=CC(=O)N1CC2(CC2)N(C(C)=O)CC1c1cc(Cl)cc(-c2ncc(N)cn2)c1. The molecule has 1 saturated carbocycles. The third-order valence-corrected chi connectivity index (χ3v) is 5.89. The van der Waals surface area contributed by atoms with Crippen LogP contribution in [0.25, 0.3) is 11.4 Å². The monoisotopic (exact) mass is 411 g/mol. The number of aromatic nitrogens is 2. The van der Waals surface area contributed by atoms with Crippen LogP contribution in [0.15, 0.2) is 43.2 Å². The Morgan fingerprint density at radius 2 is 1.97 bits per heavy atom. The molecule has 1 saturated heterocycles. The second-order valence-corrected chi connectivity index (χ2v) is 8.09. The molecule has 29 heavy (non-hydrogen) atoms. The van der Waals surface area contributed by atoms with Crippen LogP contribution in [0.5, 0.6) is 0 Å². The highest BCUT2D eigenvalue weighted by atomic mass is 35.5. The van der Waals surface area contributed by atoms with E-state index in [0.29, 0.717) is 29.6 Å². The van der Waals surface area contributed by atoms with Crippen molar-refractivity contribution in [3.8, 4) is 11.4 Å². The number of anilines is 1. The van der Waals surface area contributed by atoms with Gasteiger partial charge in [0.15, 0.2) is 5.82 Å². The molecule has 1 aromatic carbocycles. The van der Waals surface area contributed by atoms with Crippen molar-refractivity contribution in [3.05, 3.63) is 53.8 Å². The number of carbonyl (C=O) groups is 2. The van der Waals surface area contributed by atoms with Crippen LogP contribution in [0, 0.1) is 0 Å². The first-order valence-electron chi connectivity index (χ1n) is 9.42. The highest BCUT2D eigenvalue weighted by molar-refractivity contribution is 6.31. The van der Waals surface area contributed by atoms with E-state index in [0.717, 1.165) is 24.0 Å². The molecule has 1 aliphatic carbocycles. The first-order valence-corrected chi connectivity index (χ1v) is 9.80. The Labute approximate surface area is 174 Å². The fraction of sp³-hybridized carbons (Fsp3) is 0.333. The number of benzene rings is 1. The van der Waals surface area contributed by atoms with Gasteiger partial charge >= 0.3 is 0 Å². The van der Waals surface area contributed by atoms with Crippen molar-refractivity contribution in [2.45, 2.75) is 31.3 Å². The van der Waals surface area contributed by atoms with E-state index < -0.39 is 0 Å². The van der Waals surface area contributed by atoms with Crippen molar-refractivity contribution in [1.29, 1.82) is 0 Å². The first-order chi connectivity index (χ1) is 13.8. The lowest BCUT2D eigenvalue weighted by molar-refractivity contribution is -0.144.